The molecule has 1 heterocycles. The number of sulfone groups is 1. The second-order valence-electron chi connectivity index (χ2n) is 5.40. The van der Waals surface area contributed by atoms with Crippen LogP contribution in [0.15, 0.2) is 24.3 Å². The minimum absolute atomic E-state index is 0.0561. The molecule has 24 heavy (non-hydrogen) atoms. The molecule has 1 aliphatic heterocycles. The zero-order valence-corrected chi connectivity index (χ0v) is 13.6. The zero-order chi connectivity index (χ0) is 17.9. The van der Waals surface area contributed by atoms with Crippen molar-refractivity contribution in [3.8, 4) is 0 Å². The van der Waals surface area contributed by atoms with Crippen LogP contribution in [-0.2, 0) is 19.4 Å². The first kappa shape index (κ1) is 17.9. The van der Waals surface area contributed by atoms with Gasteiger partial charge in [-0.15, -0.1) is 0 Å². The van der Waals surface area contributed by atoms with Crippen LogP contribution in [0.2, 0.25) is 0 Å². The highest BCUT2D eigenvalue weighted by atomic mass is 32.2. The largest absolute Gasteiger partial charge is 0.326 e. The zero-order valence-electron chi connectivity index (χ0n) is 12.8. The molecule has 0 bridgehead atoms. The molecular weight excluding hydrogens is 341 g/mol. The Morgan fingerprint density at radius 1 is 1.29 bits per heavy atom. The average Bonchev–Trinajstić information content (AvgIpc) is 2.74. The normalized spacial score (nSPS) is 17.8. The van der Waals surface area contributed by atoms with Gasteiger partial charge in [-0.25, -0.2) is 17.6 Å². The lowest BCUT2D eigenvalue weighted by Crippen LogP contribution is -2.38. The van der Waals surface area contributed by atoms with Crippen molar-refractivity contribution in [2.45, 2.75) is 12.5 Å². The van der Waals surface area contributed by atoms with Gasteiger partial charge in [0.05, 0.1) is 5.75 Å². The second-order valence-corrected chi connectivity index (χ2v) is 7.66. The number of imide groups is 1. The summed E-state index contributed by atoms with van der Waals surface area (Å²) in [6.45, 7) is -0.516. The molecule has 1 saturated heterocycles. The van der Waals surface area contributed by atoms with Gasteiger partial charge in [0.15, 0.2) is 0 Å². The third-order valence-corrected chi connectivity index (χ3v) is 4.29. The van der Waals surface area contributed by atoms with E-state index in [0.29, 0.717) is 10.6 Å². The van der Waals surface area contributed by atoms with Gasteiger partial charge < -0.3 is 10.6 Å². The Morgan fingerprint density at radius 3 is 2.50 bits per heavy atom. The first-order valence-electron chi connectivity index (χ1n) is 7.01. The maximum Gasteiger partial charge on any atom is 0.325 e. The van der Waals surface area contributed by atoms with Crippen LogP contribution in [-0.4, -0.2) is 55.8 Å². The fourth-order valence-electron chi connectivity index (χ4n) is 2.13. The number of urea groups is 1. The van der Waals surface area contributed by atoms with Crippen molar-refractivity contribution in [1.82, 2.24) is 10.2 Å². The third-order valence-electron chi connectivity index (χ3n) is 3.31. The first-order valence-corrected chi connectivity index (χ1v) is 9.07. The molecule has 0 saturated carbocycles. The molecule has 1 aromatic rings. The molecule has 4 amide bonds. The maximum atomic E-state index is 12.8. The van der Waals surface area contributed by atoms with Crippen LogP contribution in [0, 0.1) is 5.82 Å². The highest BCUT2D eigenvalue weighted by Crippen LogP contribution is 2.12. The van der Waals surface area contributed by atoms with E-state index >= 15 is 0 Å². The minimum Gasteiger partial charge on any atom is -0.326 e. The predicted molar refractivity (Wildman–Crippen MR) is 83.4 cm³/mol. The summed E-state index contributed by atoms with van der Waals surface area (Å²) in [5, 5.41) is 4.78. The van der Waals surface area contributed by atoms with E-state index in [9.17, 15) is 27.2 Å². The van der Waals surface area contributed by atoms with E-state index in [1.54, 1.807) is 0 Å². The van der Waals surface area contributed by atoms with Crippen molar-refractivity contribution >= 4 is 33.4 Å². The van der Waals surface area contributed by atoms with E-state index < -0.39 is 46.1 Å². The van der Waals surface area contributed by atoms with Crippen LogP contribution < -0.4 is 10.6 Å². The van der Waals surface area contributed by atoms with Gasteiger partial charge >= 0.3 is 6.03 Å². The Balaban J connectivity index is 1.94. The number of carbonyl (C=O) groups excluding carboxylic acids is 3. The van der Waals surface area contributed by atoms with E-state index in [2.05, 4.69) is 10.6 Å². The number of carbonyl (C=O) groups is 3. The average molecular weight is 357 g/mol. The summed E-state index contributed by atoms with van der Waals surface area (Å²) in [5.41, 5.74) is 0.321. The van der Waals surface area contributed by atoms with Crippen LogP contribution >= 0.6 is 0 Å². The lowest BCUT2D eigenvalue weighted by Gasteiger charge is -2.13. The number of halogens is 1. The number of amides is 4. The Morgan fingerprint density at radius 2 is 1.92 bits per heavy atom. The molecule has 1 aliphatic rings. The molecule has 0 unspecified atom stereocenters. The Labute approximate surface area is 137 Å². The van der Waals surface area contributed by atoms with Gasteiger partial charge in [0.25, 0.3) is 5.91 Å². The maximum absolute atomic E-state index is 12.8. The second kappa shape index (κ2) is 6.95. The van der Waals surface area contributed by atoms with Crippen molar-refractivity contribution < 1.29 is 27.2 Å². The van der Waals surface area contributed by atoms with Crippen LogP contribution in [0.3, 0.4) is 0 Å². The molecule has 2 N–H and O–H groups in total. The molecule has 0 radical (unpaired) electrons. The molecule has 0 aliphatic carbocycles. The lowest BCUT2D eigenvalue weighted by molar-refractivity contribution is -0.130. The fourth-order valence-corrected chi connectivity index (χ4v) is 2.80. The summed E-state index contributed by atoms with van der Waals surface area (Å²) in [6, 6.07) is 3.27. The number of nitrogens with one attached hydrogen (secondary N) is 2. The summed E-state index contributed by atoms with van der Waals surface area (Å²) >= 11 is 0. The van der Waals surface area contributed by atoms with Gasteiger partial charge in [-0.2, -0.15) is 0 Å². The van der Waals surface area contributed by atoms with Crippen molar-refractivity contribution in [2.75, 3.05) is 23.9 Å². The van der Waals surface area contributed by atoms with E-state index in [1.165, 1.54) is 12.1 Å². The number of anilines is 1. The smallest absolute Gasteiger partial charge is 0.325 e. The van der Waals surface area contributed by atoms with Crippen molar-refractivity contribution in [1.29, 1.82) is 0 Å². The molecule has 1 fully saturated rings. The number of hydrogen-bond acceptors (Lipinski definition) is 5. The molecule has 1 aromatic carbocycles. The summed E-state index contributed by atoms with van der Waals surface area (Å²) in [5.74, 6) is -2.00. The van der Waals surface area contributed by atoms with Crippen LogP contribution in [0.5, 0.6) is 0 Å². The van der Waals surface area contributed by atoms with Crippen LogP contribution in [0.1, 0.15) is 6.42 Å². The topological polar surface area (TPSA) is 113 Å². The summed E-state index contributed by atoms with van der Waals surface area (Å²) in [7, 11) is -3.27. The molecule has 10 heteroatoms. The quantitative estimate of drug-likeness (QED) is 0.702. The SMILES string of the molecule is CS(=O)(=O)CC[C@H]1NC(=O)N(CC(=O)Nc2ccc(F)cc2)C1=O. The van der Waals surface area contributed by atoms with Crippen LogP contribution in [0.4, 0.5) is 14.9 Å². The first-order chi connectivity index (χ1) is 11.2. The molecule has 1 atom stereocenters. The number of hydrogen-bond donors (Lipinski definition) is 2. The third kappa shape index (κ3) is 4.75. The lowest BCUT2D eigenvalue weighted by atomic mass is 10.2. The van der Waals surface area contributed by atoms with Gasteiger partial charge in [-0.1, -0.05) is 0 Å². The van der Waals surface area contributed by atoms with Crippen molar-refractivity contribution in [3.05, 3.63) is 30.1 Å². The number of nitrogens with zero attached hydrogens (tertiary/aromatic N) is 1. The van der Waals surface area contributed by atoms with Gasteiger partial charge in [-0.3, -0.25) is 14.5 Å². The van der Waals surface area contributed by atoms with Crippen molar-refractivity contribution in [2.24, 2.45) is 0 Å². The Hall–Kier alpha value is -2.49. The Bertz CT molecular complexity index is 763. The van der Waals surface area contributed by atoms with Gasteiger partial charge in [-0.05, 0) is 30.7 Å². The van der Waals surface area contributed by atoms with Gasteiger partial charge in [0.2, 0.25) is 5.91 Å². The van der Waals surface area contributed by atoms with Gasteiger partial charge in [0.1, 0.15) is 28.2 Å². The van der Waals surface area contributed by atoms with E-state index in [-0.39, 0.29) is 12.2 Å². The highest BCUT2D eigenvalue weighted by Gasteiger charge is 2.39. The summed E-state index contributed by atoms with van der Waals surface area (Å²) in [6.07, 6.45) is 0.974. The van der Waals surface area contributed by atoms with E-state index in [4.69, 9.17) is 0 Å². The molecule has 2 rings (SSSR count). The van der Waals surface area contributed by atoms with E-state index in [0.717, 1.165) is 18.4 Å². The molecule has 130 valence electrons. The summed E-state index contributed by atoms with van der Waals surface area (Å²) in [4.78, 5) is 36.5. The van der Waals surface area contributed by atoms with Crippen LogP contribution in [0.25, 0.3) is 0 Å². The Kier molecular flexibility index (Phi) is 5.17. The molecule has 8 nitrogen and oxygen atoms in total. The monoisotopic (exact) mass is 357 g/mol. The fraction of sp³-hybridized carbons (Fsp3) is 0.357. The van der Waals surface area contributed by atoms with E-state index in [1.807, 2.05) is 0 Å². The highest BCUT2D eigenvalue weighted by molar-refractivity contribution is 7.90. The molecule has 0 spiro atoms. The van der Waals surface area contributed by atoms with Crippen molar-refractivity contribution in [3.63, 3.8) is 0 Å². The minimum atomic E-state index is -3.27. The number of benzene rings is 1. The number of rotatable bonds is 6. The molecule has 0 aromatic heterocycles. The van der Waals surface area contributed by atoms with Gasteiger partial charge in [0, 0.05) is 11.9 Å². The predicted octanol–water partition coefficient (Wildman–Crippen LogP) is 0.119. The summed E-state index contributed by atoms with van der Waals surface area (Å²) < 4.78 is 35.1. The standard InChI is InChI=1S/C14H16FN3O5S/c1-24(22,23)7-6-11-13(20)18(14(21)17-11)8-12(19)16-10-4-2-9(15)3-5-10/h2-5,11H,6-8H2,1H3,(H,16,19)(H,17,21)/t11-/m1/s1. The molecular formula is C14H16FN3O5S.